The lowest BCUT2D eigenvalue weighted by Gasteiger charge is -2.18. The molecule has 0 radical (unpaired) electrons. The first-order valence-electron chi connectivity index (χ1n) is 5.82. The van der Waals surface area contributed by atoms with Gasteiger partial charge in [-0.05, 0) is 31.1 Å². The average molecular weight is 242 g/mol. The molecule has 16 heavy (non-hydrogen) atoms. The van der Waals surface area contributed by atoms with E-state index in [1.165, 1.54) is 6.42 Å². The molecule has 0 bridgehead atoms. The van der Waals surface area contributed by atoms with Crippen LogP contribution in [0.5, 0.6) is 0 Å². The quantitative estimate of drug-likeness (QED) is 0.819. The molecule has 1 aliphatic rings. The molecule has 0 saturated heterocycles. The number of halogens is 1. The molecule has 1 aliphatic carbocycles. The Kier molecular flexibility index (Phi) is 2.69. The Hall–Kier alpha value is -0.700. The van der Waals surface area contributed by atoms with Crippen molar-refractivity contribution in [2.45, 2.75) is 46.6 Å². The average Bonchev–Trinajstić information content (AvgIpc) is 2.57. The number of nitrogen functional groups attached to an aromatic ring is 1. The lowest BCUT2D eigenvalue weighted by molar-refractivity contribution is 0.350. The van der Waals surface area contributed by atoms with Gasteiger partial charge in [0.05, 0.1) is 11.7 Å². The third kappa shape index (κ3) is 1.81. The lowest BCUT2D eigenvalue weighted by atomic mass is 9.91. The van der Waals surface area contributed by atoms with Crippen molar-refractivity contribution in [3.63, 3.8) is 0 Å². The van der Waals surface area contributed by atoms with Crippen LogP contribution in [0.4, 0.5) is 5.82 Å². The van der Waals surface area contributed by atoms with E-state index < -0.39 is 0 Å². The highest BCUT2D eigenvalue weighted by Crippen LogP contribution is 2.48. The van der Waals surface area contributed by atoms with Gasteiger partial charge >= 0.3 is 0 Å². The predicted molar refractivity (Wildman–Crippen MR) is 67.6 cm³/mol. The molecule has 1 aromatic rings. The first-order chi connectivity index (χ1) is 7.32. The minimum atomic E-state index is 0.378. The molecule has 3 nitrogen and oxygen atoms in total. The first kappa shape index (κ1) is 11.8. The van der Waals surface area contributed by atoms with Crippen molar-refractivity contribution < 1.29 is 0 Å². The molecule has 0 aliphatic heterocycles. The van der Waals surface area contributed by atoms with Crippen LogP contribution in [0.3, 0.4) is 0 Å². The van der Waals surface area contributed by atoms with Crippen molar-refractivity contribution in [2.24, 2.45) is 11.3 Å². The molecule has 0 spiro atoms. The zero-order chi connectivity index (χ0) is 12.1. The van der Waals surface area contributed by atoms with Gasteiger partial charge in [0, 0.05) is 0 Å². The highest BCUT2D eigenvalue weighted by molar-refractivity contribution is 6.33. The molecule has 1 saturated carbocycles. The highest BCUT2D eigenvalue weighted by Gasteiger charge is 2.39. The van der Waals surface area contributed by atoms with Crippen molar-refractivity contribution in [3.8, 4) is 0 Å². The third-order valence-electron chi connectivity index (χ3n) is 3.65. The molecule has 1 aromatic heterocycles. The Bertz CT molecular complexity index is 409. The SMILES string of the molecule is Cc1nn(C2CC(C)(C)CC2C)c(N)c1Cl. The van der Waals surface area contributed by atoms with Gasteiger partial charge in [-0.15, -0.1) is 0 Å². The van der Waals surface area contributed by atoms with Crippen LogP contribution in [0.1, 0.15) is 45.3 Å². The highest BCUT2D eigenvalue weighted by atomic mass is 35.5. The van der Waals surface area contributed by atoms with Crippen molar-refractivity contribution >= 4 is 17.4 Å². The van der Waals surface area contributed by atoms with Crippen LogP contribution < -0.4 is 5.73 Å². The Morgan fingerprint density at radius 3 is 2.44 bits per heavy atom. The maximum Gasteiger partial charge on any atom is 0.141 e. The van der Waals surface area contributed by atoms with E-state index in [4.69, 9.17) is 17.3 Å². The number of aryl methyl sites for hydroxylation is 1. The summed E-state index contributed by atoms with van der Waals surface area (Å²) in [7, 11) is 0. The summed E-state index contributed by atoms with van der Waals surface area (Å²) in [4.78, 5) is 0. The molecule has 0 amide bonds. The van der Waals surface area contributed by atoms with Gasteiger partial charge in [-0.2, -0.15) is 5.10 Å². The molecular weight excluding hydrogens is 222 g/mol. The number of nitrogens with two attached hydrogens (primary N) is 1. The minimum Gasteiger partial charge on any atom is -0.383 e. The number of anilines is 1. The van der Waals surface area contributed by atoms with E-state index in [-0.39, 0.29) is 0 Å². The molecule has 4 heteroatoms. The molecule has 1 fully saturated rings. The second kappa shape index (κ2) is 3.66. The Labute approximate surface area is 102 Å². The van der Waals surface area contributed by atoms with Crippen LogP contribution in [-0.2, 0) is 0 Å². The zero-order valence-corrected chi connectivity index (χ0v) is 11.2. The lowest BCUT2D eigenvalue weighted by Crippen LogP contribution is -2.16. The zero-order valence-electron chi connectivity index (χ0n) is 10.4. The molecule has 2 unspecified atom stereocenters. The number of rotatable bonds is 1. The monoisotopic (exact) mass is 241 g/mol. The Morgan fingerprint density at radius 2 is 2.06 bits per heavy atom. The maximum atomic E-state index is 6.09. The second-order valence-electron chi connectivity index (χ2n) is 5.85. The van der Waals surface area contributed by atoms with Gasteiger partial charge in [0.2, 0.25) is 0 Å². The van der Waals surface area contributed by atoms with E-state index in [1.54, 1.807) is 0 Å². The second-order valence-corrected chi connectivity index (χ2v) is 6.22. The van der Waals surface area contributed by atoms with Crippen LogP contribution in [0, 0.1) is 18.3 Å². The van der Waals surface area contributed by atoms with E-state index in [0.29, 0.717) is 28.2 Å². The predicted octanol–water partition coefficient (Wildman–Crippen LogP) is 3.42. The number of hydrogen-bond acceptors (Lipinski definition) is 2. The van der Waals surface area contributed by atoms with Gasteiger partial charge in [-0.25, -0.2) is 4.68 Å². The minimum absolute atomic E-state index is 0.378. The summed E-state index contributed by atoms with van der Waals surface area (Å²) >= 11 is 6.09. The molecule has 2 rings (SSSR count). The normalized spacial score (nSPS) is 28.6. The first-order valence-corrected chi connectivity index (χ1v) is 6.20. The van der Waals surface area contributed by atoms with E-state index in [0.717, 1.165) is 12.1 Å². The maximum absolute atomic E-state index is 6.09. The molecular formula is C12H20ClN3. The van der Waals surface area contributed by atoms with Crippen molar-refractivity contribution in [1.29, 1.82) is 0 Å². The summed E-state index contributed by atoms with van der Waals surface area (Å²) in [6, 6.07) is 0.390. The van der Waals surface area contributed by atoms with E-state index in [1.807, 2.05) is 11.6 Å². The standard InChI is InChI=1S/C12H20ClN3/c1-7-5-12(3,4)6-9(7)16-11(14)10(13)8(2)15-16/h7,9H,5-6,14H2,1-4H3. The topological polar surface area (TPSA) is 43.8 Å². The van der Waals surface area contributed by atoms with Gasteiger partial charge in [-0.3, -0.25) is 0 Å². The fraction of sp³-hybridized carbons (Fsp3) is 0.750. The van der Waals surface area contributed by atoms with Gasteiger partial charge in [0.15, 0.2) is 0 Å². The van der Waals surface area contributed by atoms with Crippen LogP contribution in [-0.4, -0.2) is 9.78 Å². The summed E-state index contributed by atoms with van der Waals surface area (Å²) in [6.45, 7) is 8.78. The summed E-state index contributed by atoms with van der Waals surface area (Å²) < 4.78 is 1.93. The number of hydrogen-bond donors (Lipinski definition) is 1. The summed E-state index contributed by atoms with van der Waals surface area (Å²) in [5.74, 6) is 1.22. The Balaban J connectivity index is 2.35. The molecule has 0 aromatic carbocycles. The third-order valence-corrected chi connectivity index (χ3v) is 4.12. The molecule has 90 valence electrons. The van der Waals surface area contributed by atoms with E-state index in [9.17, 15) is 0 Å². The summed E-state index contributed by atoms with van der Waals surface area (Å²) in [6.07, 6.45) is 2.34. The van der Waals surface area contributed by atoms with Crippen molar-refractivity contribution in [1.82, 2.24) is 9.78 Å². The smallest absolute Gasteiger partial charge is 0.141 e. The summed E-state index contributed by atoms with van der Waals surface area (Å²) in [5.41, 5.74) is 7.21. The van der Waals surface area contributed by atoms with Crippen LogP contribution >= 0.6 is 11.6 Å². The molecule has 2 N–H and O–H groups in total. The molecule has 2 atom stereocenters. The van der Waals surface area contributed by atoms with Crippen LogP contribution in [0.15, 0.2) is 0 Å². The van der Waals surface area contributed by atoms with E-state index >= 15 is 0 Å². The van der Waals surface area contributed by atoms with Crippen LogP contribution in [0.25, 0.3) is 0 Å². The fourth-order valence-electron chi connectivity index (χ4n) is 2.98. The van der Waals surface area contributed by atoms with Crippen molar-refractivity contribution in [2.75, 3.05) is 5.73 Å². The van der Waals surface area contributed by atoms with Gasteiger partial charge in [-0.1, -0.05) is 32.4 Å². The Morgan fingerprint density at radius 1 is 1.44 bits per heavy atom. The van der Waals surface area contributed by atoms with Crippen LogP contribution in [0.2, 0.25) is 5.02 Å². The van der Waals surface area contributed by atoms with Gasteiger partial charge in [0.1, 0.15) is 10.8 Å². The van der Waals surface area contributed by atoms with Gasteiger partial charge < -0.3 is 5.73 Å². The largest absolute Gasteiger partial charge is 0.383 e. The summed E-state index contributed by atoms with van der Waals surface area (Å²) in [5, 5.41) is 5.08. The number of nitrogens with zero attached hydrogens (tertiary/aromatic N) is 2. The fourth-order valence-corrected chi connectivity index (χ4v) is 3.11. The van der Waals surface area contributed by atoms with Crippen molar-refractivity contribution in [3.05, 3.63) is 10.7 Å². The van der Waals surface area contributed by atoms with Gasteiger partial charge in [0.25, 0.3) is 0 Å². The molecule has 1 heterocycles. The number of aromatic nitrogens is 2. The van der Waals surface area contributed by atoms with E-state index in [2.05, 4.69) is 25.9 Å².